The van der Waals surface area contributed by atoms with E-state index in [1.165, 1.54) is 6.07 Å². The van der Waals surface area contributed by atoms with Gasteiger partial charge in [-0.25, -0.2) is 9.18 Å². The molecule has 4 heterocycles. The van der Waals surface area contributed by atoms with Crippen molar-refractivity contribution in [1.29, 1.82) is 0 Å². The minimum Gasteiger partial charge on any atom is -0.490 e. The largest absolute Gasteiger partial charge is 0.490 e. The van der Waals surface area contributed by atoms with Gasteiger partial charge in [0.05, 0.1) is 39.5 Å². The minimum atomic E-state index is -0.492. The van der Waals surface area contributed by atoms with Gasteiger partial charge in [0.15, 0.2) is 0 Å². The summed E-state index contributed by atoms with van der Waals surface area (Å²) in [5, 5.41) is 0. The Morgan fingerprint density at radius 2 is 1.94 bits per heavy atom. The van der Waals surface area contributed by atoms with E-state index < -0.39 is 5.60 Å². The second-order valence-electron chi connectivity index (χ2n) is 11.6. The molecule has 36 heavy (non-hydrogen) atoms. The van der Waals surface area contributed by atoms with E-state index in [0.29, 0.717) is 52.2 Å². The van der Waals surface area contributed by atoms with Crippen LogP contribution in [0.3, 0.4) is 0 Å². The number of amides is 1. The number of hydrogen-bond donors (Lipinski definition) is 0. The Kier molecular flexibility index (Phi) is 7.45. The number of hydrogen-bond acceptors (Lipinski definition) is 7. The summed E-state index contributed by atoms with van der Waals surface area (Å²) in [6.45, 7) is 11.5. The van der Waals surface area contributed by atoms with E-state index in [-0.39, 0.29) is 29.5 Å². The Morgan fingerprint density at radius 3 is 2.64 bits per heavy atom. The van der Waals surface area contributed by atoms with Crippen LogP contribution in [0.1, 0.15) is 51.5 Å². The summed E-state index contributed by atoms with van der Waals surface area (Å²) in [7, 11) is 0. The number of carbonyl (C=O) groups excluding carboxylic acids is 1. The molecular formula is C27H39FN2O6. The predicted molar refractivity (Wildman–Crippen MR) is 131 cm³/mol. The van der Waals surface area contributed by atoms with E-state index in [2.05, 4.69) is 4.90 Å². The van der Waals surface area contributed by atoms with Gasteiger partial charge in [-0.15, -0.1) is 0 Å². The van der Waals surface area contributed by atoms with Gasteiger partial charge in [-0.1, -0.05) is 0 Å². The summed E-state index contributed by atoms with van der Waals surface area (Å²) < 4.78 is 43.1. The molecule has 8 nitrogen and oxygen atoms in total. The molecule has 0 N–H and O–H groups in total. The summed E-state index contributed by atoms with van der Waals surface area (Å²) in [5.74, 6) is 0.754. The molecule has 4 saturated heterocycles. The van der Waals surface area contributed by atoms with Crippen molar-refractivity contribution in [1.82, 2.24) is 9.80 Å². The van der Waals surface area contributed by atoms with E-state index in [4.69, 9.17) is 23.7 Å². The molecule has 1 aromatic carbocycles. The summed E-state index contributed by atoms with van der Waals surface area (Å²) in [6.07, 6.45) is 2.45. The Balaban J connectivity index is 1.12. The van der Waals surface area contributed by atoms with Crippen molar-refractivity contribution in [2.24, 2.45) is 0 Å². The Bertz CT molecular complexity index is 917. The predicted octanol–water partition coefficient (Wildman–Crippen LogP) is 3.58. The summed E-state index contributed by atoms with van der Waals surface area (Å²) >= 11 is 0. The molecular weight excluding hydrogens is 467 g/mol. The second kappa shape index (κ2) is 10.4. The first-order chi connectivity index (χ1) is 17.2. The van der Waals surface area contributed by atoms with Crippen LogP contribution < -0.4 is 4.74 Å². The molecule has 0 saturated carbocycles. The number of rotatable bonds is 5. The van der Waals surface area contributed by atoms with Crippen LogP contribution in [0.15, 0.2) is 18.2 Å². The zero-order valence-corrected chi connectivity index (χ0v) is 21.7. The number of halogens is 1. The fraction of sp³-hybridized carbons (Fsp3) is 0.741. The average molecular weight is 507 g/mol. The molecule has 4 fully saturated rings. The van der Waals surface area contributed by atoms with Crippen LogP contribution >= 0.6 is 0 Å². The molecule has 200 valence electrons. The second-order valence-corrected chi connectivity index (χ2v) is 11.6. The van der Waals surface area contributed by atoms with Crippen molar-refractivity contribution in [2.75, 3.05) is 59.2 Å². The van der Waals surface area contributed by atoms with E-state index in [0.717, 1.165) is 43.7 Å². The Morgan fingerprint density at radius 1 is 1.17 bits per heavy atom. The van der Waals surface area contributed by atoms with Gasteiger partial charge in [0.1, 0.15) is 35.5 Å². The topological polar surface area (TPSA) is 69.7 Å². The summed E-state index contributed by atoms with van der Waals surface area (Å²) in [4.78, 5) is 16.5. The van der Waals surface area contributed by atoms with Gasteiger partial charge in [-0.3, -0.25) is 4.90 Å². The molecule has 9 heteroatoms. The lowest BCUT2D eigenvalue weighted by Gasteiger charge is -2.47. The maximum absolute atomic E-state index is 14.2. The molecule has 4 aliphatic rings. The number of carbonyl (C=O) groups is 1. The zero-order chi connectivity index (χ0) is 25.3. The molecule has 1 amide bonds. The van der Waals surface area contributed by atoms with Crippen LogP contribution in [0, 0.1) is 5.82 Å². The number of piperidine rings is 1. The molecule has 0 aliphatic carbocycles. The molecule has 1 spiro atoms. The molecule has 0 aromatic heterocycles. The highest BCUT2D eigenvalue weighted by Gasteiger charge is 2.53. The molecule has 0 unspecified atom stereocenters. The van der Waals surface area contributed by atoms with E-state index >= 15 is 0 Å². The van der Waals surface area contributed by atoms with Crippen molar-refractivity contribution in [3.63, 3.8) is 0 Å². The highest BCUT2D eigenvalue weighted by molar-refractivity contribution is 5.69. The van der Waals surface area contributed by atoms with Crippen LogP contribution in [-0.2, 0) is 18.9 Å². The summed E-state index contributed by atoms with van der Waals surface area (Å²) in [5.41, 5.74) is 0.207. The van der Waals surface area contributed by atoms with Crippen LogP contribution in [0.2, 0.25) is 0 Å². The average Bonchev–Trinajstić information content (AvgIpc) is 3.28. The van der Waals surface area contributed by atoms with Gasteiger partial charge in [0.2, 0.25) is 0 Å². The van der Waals surface area contributed by atoms with Crippen LogP contribution in [0.25, 0.3) is 0 Å². The lowest BCUT2D eigenvalue weighted by Crippen LogP contribution is -2.64. The Hall–Kier alpha value is -1.94. The molecule has 5 rings (SSSR count). The quantitative estimate of drug-likeness (QED) is 0.605. The minimum absolute atomic E-state index is 0.0917. The van der Waals surface area contributed by atoms with Crippen molar-refractivity contribution in [2.45, 2.75) is 69.3 Å². The van der Waals surface area contributed by atoms with Gasteiger partial charge in [0, 0.05) is 11.6 Å². The van der Waals surface area contributed by atoms with Crippen molar-refractivity contribution in [3.05, 3.63) is 29.6 Å². The smallest absolute Gasteiger partial charge is 0.410 e. The zero-order valence-electron chi connectivity index (χ0n) is 21.7. The van der Waals surface area contributed by atoms with Crippen LogP contribution in [0.5, 0.6) is 5.75 Å². The number of nitrogens with zero attached hydrogens (tertiary/aromatic N) is 2. The van der Waals surface area contributed by atoms with Crippen molar-refractivity contribution < 1.29 is 32.9 Å². The lowest BCUT2D eigenvalue weighted by atomic mass is 9.86. The highest BCUT2D eigenvalue weighted by atomic mass is 19.1. The van der Waals surface area contributed by atoms with Crippen molar-refractivity contribution >= 4 is 6.09 Å². The van der Waals surface area contributed by atoms with Gasteiger partial charge < -0.3 is 28.6 Å². The molecule has 4 aliphatic heterocycles. The molecule has 0 bridgehead atoms. The number of ether oxygens (including phenoxy) is 5. The van der Waals surface area contributed by atoms with Gasteiger partial charge in [-0.05, 0) is 77.2 Å². The summed E-state index contributed by atoms with van der Waals surface area (Å²) in [6, 6.07) is 5.17. The first-order valence-electron chi connectivity index (χ1n) is 13.2. The third-order valence-electron chi connectivity index (χ3n) is 7.57. The van der Waals surface area contributed by atoms with Gasteiger partial charge >= 0.3 is 6.09 Å². The maximum Gasteiger partial charge on any atom is 0.410 e. The molecule has 0 radical (unpaired) electrons. The first-order valence-corrected chi connectivity index (χ1v) is 13.2. The van der Waals surface area contributed by atoms with E-state index in [1.807, 2.05) is 20.8 Å². The fourth-order valence-electron chi connectivity index (χ4n) is 5.74. The monoisotopic (exact) mass is 506 g/mol. The Labute approximate surface area is 212 Å². The highest BCUT2D eigenvalue weighted by Crippen LogP contribution is 2.40. The number of likely N-dealkylation sites (tertiary alicyclic amines) is 2. The lowest BCUT2D eigenvalue weighted by molar-refractivity contribution is -0.109. The van der Waals surface area contributed by atoms with Crippen molar-refractivity contribution in [3.8, 4) is 5.75 Å². The standard InChI is InChI=1S/C27H39FN2O6/c1-26(2,3)36-25(31)30-17-27(18-30)13-21(14-35-27)29-8-6-19(7-9-29)23-12-20(28)4-5-24(23)34-16-22-15-32-10-11-33-22/h4-5,12,19,21-22H,6-11,13-18H2,1-3H3/t21-,22+/m0/s1. The normalized spacial score (nSPS) is 27.2. The third kappa shape index (κ3) is 5.96. The van der Waals surface area contributed by atoms with Gasteiger partial charge in [0.25, 0.3) is 0 Å². The fourth-order valence-corrected chi connectivity index (χ4v) is 5.74. The van der Waals surface area contributed by atoms with Gasteiger partial charge in [-0.2, -0.15) is 0 Å². The third-order valence-corrected chi connectivity index (χ3v) is 7.57. The SMILES string of the molecule is CC(C)(C)OC(=O)N1CC2(C[C@H](N3CCC(c4cc(F)ccc4OC[C@H]4COCCO4)CC3)CO2)C1. The molecule has 1 aromatic rings. The van der Waals surface area contributed by atoms with Crippen LogP contribution in [0.4, 0.5) is 9.18 Å². The first kappa shape index (κ1) is 25.7. The van der Waals surface area contributed by atoms with Crippen LogP contribution in [-0.4, -0.2) is 98.5 Å². The maximum atomic E-state index is 14.2. The molecule has 2 atom stereocenters. The van der Waals surface area contributed by atoms with E-state index in [9.17, 15) is 9.18 Å². The number of benzene rings is 1. The van der Waals surface area contributed by atoms with E-state index in [1.54, 1.807) is 17.0 Å².